The number of amides is 2. The molecule has 6 nitrogen and oxygen atoms in total. The molecule has 0 N–H and O–H groups in total. The van der Waals surface area contributed by atoms with E-state index in [4.69, 9.17) is 4.74 Å². The summed E-state index contributed by atoms with van der Waals surface area (Å²) in [5.74, 6) is -1.68. The zero-order chi connectivity index (χ0) is 19.7. The summed E-state index contributed by atoms with van der Waals surface area (Å²) in [7, 11) is 0. The van der Waals surface area contributed by atoms with Crippen LogP contribution in [0.1, 0.15) is 24.8 Å². The Hall–Kier alpha value is -2.22. The minimum absolute atomic E-state index is 0.0338. The fourth-order valence-electron chi connectivity index (χ4n) is 4.65. The summed E-state index contributed by atoms with van der Waals surface area (Å²) < 4.78 is 31.5. The van der Waals surface area contributed by atoms with Crippen LogP contribution in [0.5, 0.6) is 0 Å². The third kappa shape index (κ3) is 3.97. The number of nitrogens with zero attached hydrogens (tertiary/aromatic N) is 3. The number of benzene rings is 1. The second-order valence-electron chi connectivity index (χ2n) is 8.16. The highest BCUT2D eigenvalue weighted by molar-refractivity contribution is 5.83. The molecule has 0 bridgehead atoms. The first kappa shape index (κ1) is 19.1. The quantitative estimate of drug-likeness (QED) is 0.787. The number of likely N-dealkylation sites (tertiary alicyclic amines) is 2. The molecule has 1 aromatic rings. The zero-order valence-corrected chi connectivity index (χ0v) is 15.8. The van der Waals surface area contributed by atoms with Crippen LogP contribution in [0.25, 0.3) is 0 Å². The first-order valence-corrected chi connectivity index (χ1v) is 9.80. The first-order valence-electron chi connectivity index (χ1n) is 9.80. The lowest BCUT2D eigenvalue weighted by atomic mass is 9.79. The van der Waals surface area contributed by atoms with Crippen LogP contribution in [0.15, 0.2) is 18.2 Å². The van der Waals surface area contributed by atoms with Crippen LogP contribution in [-0.4, -0.2) is 72.6 Å². The Bertz CT molecular complexity index is 775. The van der Waals surface area contributed by atoms with E-state index in [0.29, 0.717) is 32.8 Å². The molecule has 0 unspecified atom stereocenters. The number of carbonyl (C=O) groups excluding carboxylic acids is 2. The van der Waals surface area contributed by atoms with Gasteiger partial charge in [0.2, 0.25) is 5.91 Å². The molecule has 3 saturated heterocycles. The van der Waals surface area contributed by atoms with Crippen molar-refractivity contribution in [3.8, 4) is 0 Å². The van der Waals surface area contributed by atoms with Gasteiger partial charge >= 0.3 is 6.09 Å². The Morgan fingerprint density at radius 2 is 1.96 bits per heavy atom. The van der Waals surface area contributed by atoms with Crippen molar-refractivity contribution in [1.29, 1.82) is 0 Å². The van der Waals surface area contributed by atoms with Gasteiger partial charge in [0.05, 0.1) is 6.54 Å². The lowest BCUT2D eigenvalue weighted by Crippen LogP contribution is -2.46. The Morgan fingerprint density at radius 3 is 2.71 bits per heavy atom. The molecule has 3 heterocycles. The maximum absolute atomic E-state index is 13.5. The summed E-state index contributed by atoms with van der Waals surface area (Å²) in [6.07, 6.45) is 2.58. The van der Waals surface area contributed by atoms with Crippen molar-refractivity contribution < 1.29 is 23.1 Å². The number of hydrogen-bond acceptors (Lipinski definition) is 4. The van der Waals surface area contributed by atoms with Crippen molar-refractivity contribution in [1.82, 2.24) is 14.7 Å². The smallest absolute Gasteiger partial charge is 0.410 e. The molecule has 8 heteroatoms. The monoisotopic (exact) mass is 393 g/mol. The molecule has 2 amide bonds. The van der Waals surface area contributed by atoms with E-state index in [1.165, 1.54) is 17.0 Å². The number of hydrogen-bond donors (Lipinski definition) is 0. The molecule has 28 heavy (non-hydrogen) atoms. The molecular weight excluding hydrogens is 368 g/mol. The van der Waals surface area contributed by atoms with Gasteiger partial charge < -0.3 is 9.64 Å². The van der Waals surface area contributed by atoms with Crippen LogP contribution in [0, 0.1) is 17.0 Å². The number of ether oxygens (including phenoxy) is 1. The molecule has 0 aliphatic carbocycles. The van der Waals surface area contributed by atoms with Gasteiger partial charge in [0.1, 0.15) is 13.2 Å². The summed E-state index contributed by atoms with van der Waals surface area (Å²) in [5, 5.41) is 0. The summed E-state index contributed by atoms with van der Waals surface area (Å²) in [5.41, 5.74) is 0.798. The molecule has 1 spiro atoms. The number of cyclic esters (lactones) is 1. The Labute approximate surface area is 163 Å². The van der Waals surface area contributed by atoms with E-state index in [1.54, 1.807) is 6.07 Å². The van der Waals surface area contributed by atoms with Crippen molar-refractivity contribution in [2.75, 3.05) is 45.9 Å². The van der Waals surface area contributed by atoms with E-state index < -0.39 is 17.7 Å². The van der Waals surface area contributed by atoms with Crippen LogP contribution >= 0.6 is 0 Å². The van der Waals surface area contributed by atoms with Gasteiger partial charge in [0.25, 0.3) is 0 Å². The Balaban J connectivity index is 1.35. The molecular formula is C20H25F2N3O3. The maximum Gasteiger partial charge on any atom is 0.410 e. The van der Waals surface area contributed by atoms with E-state index in [2.05, 4.69) is 4.90 Å². The number of piperidine rings is 1. The van der Waals surface area contributed by atoms with E-state index in [0.717, 1.165) is 37.9 Å². The highest BCUT2D eigenvalue weighted by Gasteiger charge is 2.43. The lowest BCUT2D eigenvalue weighted by molar-refractivity contribution is -0.131. The largest absolute Gasteiger partial charge is 0.448 e. The molecule has 4 rings (SSSR count). The predicted molar refractivity (Wildman–Crippen MR) is 97.4 cm³/mol. The Morgan fingerprint density at radius 1 is 1.11 bits per heavy atom. The van der Waals surface area contributed by atoms with Crippen molar-refractivity contribution in [2.45, 2.75) is 25.8 Å². The summed E-state index contributed by atoms with van der Waals surface area (Å²) in [6.45, 7) is 4.58. The van der Waals surface area contributed by atoms with Gasteiger partial charge in [-0.25, -0.2) is 13.6 Å². The van der Waals surface area contributed by atoms with E-state index in [1.807, 2.05) is 4.90 Å². The second-order valence-corrected chi connectivity index (χ2v) is 8.16. The molecule has 3 aliphatic rings. The Kier molecular flexibility index (Phi) is 5.23. The SMILES string of the molecule is O=C(CN1CCOC1=O)N1CC[C@]2(CCCN(Cc3ccc(F)c(F)c3)C2)C1. The minimum atomic E-state index is -0.828. The summed E-state index contributed by atoms with van der Waals surface area (Å²) in [6, 6.07) is 4.05. The van der Waals surface area contributed by atoms with Crippen molar-refractivity contribution in [2.24, 2.45) is 5.41 Å². The molecule has 3 aliphatic heterocycles. The first-order chi connectivity index (χ1) is 13.4. The number of carbonyl (C=O) groups is 2. The maximum atomic E-state index is 13.5. The van der Waals surface area contributed by atoms with Gasteiger partial charge in [-0.2, -0.15) is 0 Å². The summed E-state index contributed by atoms with van der Waals surface area (Å²) >= 11 is 0. The molecule has 152 valence electrons. The molecule has 0 aromatic heterocycles. The molecule has 3 fully saturated rings. The molecule has 0 radical (unpaired) electrons. The van der Waals surface area contributed by atoms with E-state index in [-0.39, 0.29) is 17.9 Å². The van der Waals surface area contributed by atoms with Gasteiger partial charge in [-0.05, 0) is 43.5 Å². The minimum Gasteiger partial charge on any atom is -0.448 e. The number of rotatable bonds is 4. The average molecular weight is 393 g/mol. The van der Waals surface area contributed by atoms with Gasteiger partial charge in [-0.15, -0.1) is 0 Å². The summed E-state index contributed by atoms with van der Waals surface area (Å²) in [4.78, 5) is 29.7. The van der Waals surface area contributed by atoms with Crippen LogP contribution < -0.4 is 0 Å². The molecule has 1 aromatic carbocycles. The van der Waals surface area contributed by atoms with Crippen LogP contribution in [0.2, 0.25) is 0 Å². The molecule has 0 saturated carbocycles. The third-order valence-electron chi connectivity index (χ3n) is 6.09. The predicted octanol–water partition coefficient (Wildman–Crippen LogP) is 2.23. The normalized spacial score (nSPS) is 25.6. The van der Waals surface area contributed by atoms with Gasteiger partial charge in [0.15, 0.2) is 11.6 Å². The van der Waals surface area contributed by atoms with Crippen LogP contribution in [0.3, 0.4) is 0 Å². The van der Waals surface area contributed by atoms with Gasteiger partial charge in [0, 0.05) is 31.6 Å². The fourth-order valence-corrected chi connectivity index (χ4v) is 4.65. The number of halogens is 2. The second kappa shape index (κ2) is 7.66. The highest BCUT2D eigenvalue weighted by Crippen LogP contribution is 2.39. The lowest BCUT2D eigenvalue weighted by Gasteiger charge is -2.40. The van der Waals surface area contributed by atoms with Crippen LogP contribution in [0.4, 0.5) is 13.6 Å². The molecule has 1 atom stereocenters. The van der Waals surface area contributed by atoms with E-state index >= 15 is 0 Å². The topological polar surface area (TPSA) is 53.1 Å². The zero-order valence-electron chi connectivity index (χ0n) is 15.8. The van der Waals surface area contributed by atoms with Gasteiger partial charge in [-0.3, -0.25) is 14.6 Å². The standard InChI is InChI=1S/C20H25F2N3O3/c21-16-3-2-15(10-17(16)22)11-23-6-1-4-20(13-23)5-7-25(14-20)18(26)12-24-8-9-28-19(24)27/h2-3,10H,1,4-9,11-14H2/t20-/m0/s1. The highest BCUT2D eigenvalue weighted by atomic mass is 19.2. The van der Waals surface area contributed by atoms with Crippen molar-refractivity contribution in [3.05, 3.63) is 35.4 Å². The third-order valence-corrected chi connectivity index (χ3v) is 6.09. The van der Waals surface area contributed by atoms with Crippen molar-refractivity contribution in [3.63, 3.8) is 0 Å². The van der Waals surface area contributed by atoms with Crippen molar-refractivity contribution >= 4 is 12.0 Å². The van der Waals surface area contributed by atoms with Crippen LogP contribution in [-0.2, 0) is 16.1 Å². The average Bonchev–Trinajstić information content (AvgIpc) is 3.25. The fraction of sp³-hybridized carbons (Fsp3) is 0.600. The van der Waals surface area contributed by atoms with E-state index in [9.17, 15) is 18.4 Å². The van der Waals surface area contributed by atoms with Gasteiger partial charge in [-0.1, -0.05) is 6.07 Å².